The third kappa shape index (κ3) is 5.30. The van der Waals surface area contributed by atoms with E-state index in [9.17, 15) is 9.18 Å². The zero-order chi connectivity index (χ0) is 21.6. The van der Waals surface area contributed by atoms with Crippen LogP contribution in [0.3, 0.4) is 0 Å². The van der Waals surface area contributed by atoms with Crippen molar-refractivity contribution in [3.05, 3.63) is 65.7 Å². The number of amides is 1. The maximum Gasteiger partial charge on any atom is 0.234 e. The van der Waals surface area contributed by atoms with E-state index in [2.05, 4.69) is 20.4 Å². The molecule has 0 spiro atoms. The normalized spacial score (nSPS) is 14.5. The Kier molecular flexibility index (Phi) is 6.96. The summed E-state index contributed by atoms with van der Waals surface area (Å²) >= 11 is 1.30. The second kappa shape index (κ2) is 10.0. The van der Waals surface area contributed by atoms with Gasteiger partial charge in [-0.2, -0.15) is 0 Å². The van der Waals surface area contributed by atoms with Crippen LogP contribution in [0.15, 0.2) is 53.7 Å². The van der Waals surface area contributed by atoms with Gasteiger partial charge in [0.25, 0.3) is 0 Å². The lowest BCUT2D eigenvalue weighted by Gasteiger charge is -2.26. The third-order valence-electron chi connectivity index (χ3n) is 5.06. The molecule has 0 radical (unpaired) electrons. The van der Waals surface area contributed by atoms with Crippen molar-refractivity contribution in [3.63, 3.8) is 0 Å². The van der Waals surface area contributed by atoms with E-state index in [1.54, 1.807) is 19.1 Å². The highest BCUT2D eigenvalue weighted by atomic mass is 32.2. The van der Waals surface area contributed by atoms with Crippen molar-refractivity contribution in [2.45, 2.75) is 18.6 Å². The largest absolute Gasteiger partial charge is 0.379 e. The average Bonchev–Trinajstić information content (AvgIpc) is 3.19. The number of halogens is 1. The van der Waals surface area contributed by atoms with E-state index < -0.39 is 0 Å². The number of carbonyl (C=O) groups excluding carboxylic acids is 1. The van der Waals surface area contributed by atoms with E-state index in [4.69, 9.17) is 4.74 Å². The monoisotopic (exact) mass is 441 g/mol. The van der Waals surface area contributed by atoms with Gasteiger partial charge in [-0.3, -0.25) is 14.3 Å². The summed E-state index contributed by atoms with van der Waals surface area (Å²) in [6, 6.07) is 14.5. The molecule has 4 rings (SSSR count). The number of thioether (sulfide) groups is 1. The number of nitrogens with one attached hydrogen (secondary N) is 1. The van der Waals surface area contributed by atoms with E-state index in [0.29, 0.717) is 36.2 Å². The highest BCUT2D eigenvalue weighted by Crippen LogP contribution is 2.24. The Hall–Kier alpha value is -2.75. The molecule has 1 aliphatic rings. The molecule has 1 saturated heterocycles. The van der Waals surface area contributed by atoms with Gasteiger partial charge in [-0.25, -0.2) is 4.39 Å². The summed E-state index contributed by atoms with van der Waals surface area (Å²) in [7, 11) is 0. The number of benzene rings is 2. The highest BCUT2D eigenvalue weighted by molar-refractivity contribution is 7.99. The molecule has 0 aliphatic carbocycles. The number of aromatic nitrogens is 3. The highest BCUT2D eigenvalue weighted by Gasteiger charge is 2.19. The molecule has 1 aromatic heterocycles. The van der Waals surface area contributed by atoms with Crippen molar-refractivity contribution in [1.29, 1.82) is 0 Å². The van der Waals surface area contributed by atoms with Gasteiger partial charge in [-0.15, -0.1) is 10.2 Å². The van der Waals surface area contributed by atoms with Crippen molar-refractivity contribution in [1.82, 2.24) is 19.7 Å². The Morgan fingerprint density at radius 3 is 2.68 bits per heavy atom. The second-order valence-electron chi connectivity index (χ2n) is 7.21. The molecule has 0 saturated carbocycles. The number of carbonyl (C=O) groups is 1. The van der Waals surface area contributed by atoms with Crippen molar-refractivity contribution in [2.24, 2.45) is 0 Å². The number of hydrogen-bond acceptors (Lipinski definition) is 6. The van der Waals surface area contributed by atoms with E-state index in [0.717, 1.165) is 24.6 Å². The molecule has 3 aromatic rings. The standard InChI is InChI=1S/C22H24FN5O2S/c1-16-18(23)8-5-9-19(16)24-21(29)15-31-22-26-25-20(14-27-10-12-30-13-11-27)28(22)17-6-3-2-4-7-17/h2-9H,10-15H2,1H3,(H,24,29). The van der Waals surface area contributed by atoms with Crippen LogP contribution in [0.4, 0.5) is 10.1 Å². The molecule has 1 N–H and O–H groups in total. The van der Waals surface area contributed by atoms with Crippen LogP contribution < -0.4 is 5.32 Å². The fourth-order valence-electron chi connectivity index (χ4n) is 3.35. The molecule has 0 unspecified atom stereocenters. The topological polar surface area (TPSA) is 72.3 Å². The van der Waals surface area contributed by atoms with Crippen LogP contribution >= 0.6 is 11.8 Å². The number of hydrogen-bond donors (Lipinski definition) is 1. The quantitative estimate of drug-likeness (QED) is 0.568. The van der Waals surface area contributed by atoms with Crippen LogP contribution in [0.25, 0.3) is 5.69 Å². The van der Waals surface area contributed by atoms with E-state index in [1.165, 1.54) is 17.8 Å². The summed E-state index contributed by atoms with van der Waals surface area (Å²) in [5.41, 5.74) is 1.84. The van der Waals surface area contributed by atoms with Crippen LogP contribution in [0.5, 0.6) is 0 Å². The molecule has 0 atom stereocenters. The van der Waals surface area contributed by atoms with Gasteiger partial charge >= 0.3 is 0 Å². The third-order valence-corrected chi connectivity index (χ3v) is 5.99. The van der Waals surface area contributed by atoms with Crippen LogP contribution in [-0.4, -0.2) is 57.6 Å². The Balaban J connectivity index is 1.49. The van der Waals surface area contributed by atoms with Crippen LogP contribution in [0.2, 0.25) is 0 Å². The van der Waals surface area contributed by atoms with Crippen molar-refractivity contribution < 1.29 is 13.9 Å². The van der Waals surface area contributed by atoms with Gasteiger partial charge in [0, 0.05) is 30.0 Å². The predicted octanol–water partition coefficient (Wildman–Crippen LogP) is 3.28. The van der Waals surface area contributed by atoms with Gasteiger partial charge in [-0.05, 0) is 31.2 Å². The molecule has 0 bridgehead atoms. The molecular weight excluding hydrogens is 417 g/mol. The molecule has 1 amide bonds. The molecule has 1 fully saturated rings. The zero-order valence-corrected chi connectivity index (χ0v) is 18.1. The van der Waals surface area contributed by atoms with Crippen LogP contribution in [0.1, 0.15) is 11.4 Å². The molecule has 2 heterocycles. The SMILES string of the molecule is Cc1c(F)cccc1NC(=O)CSc1nnc(CN2CCOCC2)n1-c1ccccc1. The molecule has 31 heavy (non-hydrogen) atoms. The van der Waals surface area contributed by atoms with Gasteiger partial charge in [0.05, 0.1) is 25.5 Å². The summed E-state index contributed by atoms with van der Waals surface area (Å²) in [6.07, 6.45) is 0. The molecule has 2 aromatic carbocycles. The van der Waals surface area contributed by atoms with E-state index in [1.807, 2.05) is 34.9 Å². The predicted molar refractivity (Wildman–Crippen MR) is 118 cm³/mol. The van der Waals surface area contributed by atoms with Gasteiger partial charge in [-0.1, -0.05) is 36.0 Å². The summed E-state index contributed by atoms with van der Waals surface area (Å²) in [4.78, 5) is 14.8. The first-order valence-electron chi connectivity index (χ1n) is 10.1. The van der Waals surface area contributed by atoms with Gasteiger partial charge in [0.15, 0.2) is 11.0 Å². The minimum Gasteiger partial charge on any atom is -0.379 e. The summed E-state index contributed by atoms with van der Waals surface area (Å²) in [5, 5.41) is 12.2. The number of anilines is 1. The Bertz CT molecular complexity index is 1040. The Morgan fingerprint density at radius 1 is 1.13 bits per heavy atom. The van der Waals surface area contributed by atoms with Crippen LogP contribution in [0, 0.1) is 12.7 Å². The lowest BCUT2D eigenvalue weighted by molar-refractivity contribution is -0.113. The molecule has 7 nitrogen and oxygen atoms in total. The van der Waals surface area contributed by atoms with Gasteiger partial charge in [0.1, 0.15) is 5.82 Å². The summed E-state index contributed by atoms with van der Waals surface area (Å²) in [6.45, 7) is 5.41. The Labute approximate surface area is 184 Å². The lowest BCUT2D eigenvalue weighted by atomic mass is 10.2. The first kappa shape index (κ1) is 21.5. The summed E-state index contributed by atoms with van der Waals surface area (Å²) < 4.78 is 21.1. The molecule has 1 aliphatic heterocycles. The average molecular weight is 442 g/mol. The smallest absolute Gasteiger partial charge is 0.234 e. The van der Waals surface area contributed by atoms with Crippen molar-refractivity contribution >= 4 is 23.4 Å². The van der Waals surface area contributed by atoms with Gasteiger partial charge in [0.2, 0.25) is 5.91 Å². The molecule has 9 heteroatoms. The number of rotatable bonds is 7. The Morgan fingerprint density at radius 2 is 1.90 bits per heavy atom. The maximum absolute atomic E-state index is 13.7. The minimum absolute atomic E-state index is 0.137. The van der Waals surface area contributed by atoms with E-state index in [-0.39, 0.29) is 17.5 Å². The molecule has 162 valence electrons. The fraction of sp³-hybridized carbons (Fsp3) is 0.318. The van der Waals surface area contributed by atoms with Gasteiger partial charge < -0.3 is 10.1 Å². The van der Waals surface area contributed by atoms with Crippen molar-refractivity contribution in [3.8, 4) is 5.69 Å². The number of nitrogens with zero attached hydrogens (tertiary/aromatic N) is 4. The fourth-order valence-corrected chi connectivity index (χ4v) is 4.12. The summed E-state index contributed by atoms with van der Waals surface area (Å²) in [5.74, 6) is 0.383. The zero-order valence-electron chi connectivity index (χ0n) is 17.3. The number of para-hydroxylation sites is 1. The lowest BCUT2D eigenvalue weighted by Crippen LogP contribution is -2.36. The van der Waals surface area contributed by atoms with E-state index >= 15 is 0 Å². The van der Waals surface area contributed by atoms with Crippen molar-refractivity contribution in [2.75, 3.05) is 37.4 Å². The molecular formula is C22H24FN5O2S. The first-order valence-corrected chi connectivity index (χ1v) is 11.1. The first-order chi connectivity index (χ1) is 15.1. The minimum atomic E-state index is -0.345. The second-order valence-corrected chi connectivity index (χ2v) is 8.15. The maximum atomic E-state index is 13.7. The van der Waals surface area contributed by atoms with Crippen LogP contribution in [-0.2, 0) is 16.1 Å². The number of ether oxygens (including phenoxy) is 1. The number of morpholine rings is 1.